The molecule has 0 saturated carbocycles. The number of piperidine rings is 1. The molecule has 206 valence electrons. The summed E-state index contributed by atoms with van der Waals surface area (Å²) in [6.45, 7) is 3.96. The van der Waals surface area contributed by atoms with E-state index in [2.05, 4.69) is 20.5 Å². The van der Waals surface area contributed by atoms with E-state index in [1.54, 1.807) is 19.1 Å². The van der Waals surface area contributed by atoms with Crippen molar-refractivity contribution < 1.29 is 23.8 Å². The second-order valence-electron chi connectivity index (χ2n) is 9.29. The number of nitrogens with zero attached hydrogens (tertiary/aromatic N) is 2. The Labute approximate surface area is 235 Å². The second kappa shape index (κ2) is 13.3. The number of rotatable bonds is 9. The number of benzene rings is 2. The molecule has 1 aromatic heterocycles. The van der Waals surface area contributed by atoms with Crippen LogP contribution in [0.1, 0.15) is 40.5 Å². The van der Waals surface area contributed by atoms with Crippen molar-refractivity contribution in [1.29, 1.82) is 0 Å². The maximum atomic E-state index is 14.1. The van der Waals surface area contributed by atoms with Crippen molar-refractivity contribution in [3.05, 3.63) is 76.7 Å². The van der Waals surface area contributed by atoms with Crippen LogP contribution in [0.4, 0.5) is 15.9 Å². The van der Waals surface area contributed by atoms with E-state index in [9.17, 15) is 19.1 Å². The van der Waals surface area contributed by atoms with Crippen molar-refractivity contribution in [1.82, 2.24) is 9.88 Å². The molecule has 1 atom stereocenters. The van der Waals surface area contributed by atoms with Crippen LogP contribution in [0.15, 0.2) is 59.6 Å². The number of aliphatic hydroxyl groups is 1. The molecule has 8 nitrogen and oxygen atoms in total. The second-order valence-corrected chi connectivity index (χ2v) is 10.6. The zero-order chi connectivity index (χ0) is 27.9. The van der Waals surface area contributed by atoms with Crippen LogP contribution in [0.5, 0.6) is 5.75 Å². The Hall–Kier alpha value is -3.18. The smallest absolute Gasteiger partial charge is 0.259 e. The van der Waals surface area contributed by atoms with Crippen molar-refractivity contribution in [3.8, 4) is 5.75 Å². The summed E-state index contributed by atoms with van der Waals surface area (Å²) in [4.78, 5) is 33.5. The van der Waals surface area contributed by atoms with Gasteiger partial charge in [-0.25, -0.2) is 9.37 Å². The van der Waals surface area contributed by atoms with Crippen molar-refractivity contribution >= 4 is 46.7 Å². The monoisotopic (exact) mass is 572 g/mol. The Morgan fingerprint density at radius 1 is 1.13 bits per heavy atom. The topological polar surface area (TPSA) is 104 Å². The van der Waals surface area contributed by atoms with E-state index >= 15 is 0 Å². The van der Waals surface area contributed by atoms with Crippen LogP contribution in [-0.2, 0) is 0 Å². The molecule has 0 spiro atoms. The molecule has 4 rings (SSSR count). The minimum atomic E-state index is -0.641. The summed E-state index contributed by atoms with van der Waals surface area (Å²) in [5, 5.41) is 15.4. The van der Waals surface area contributed by atoms with Gasteiger partial charge in [0.1, 0.15) is 23.5 Å². The third-order valence-electron chi connectivity index (χ3n) is 6.23. The molecule has 11 heteroatoms. The minimum Gasteiger partial charge on any atom is -0.489 e. The summed E-state index contributed by atoms with van der Waals surface area (Å²) in [5.74, 6) is -1.09. The number of nitrogens with one attached hydrogen (secondary N) is 2. The van der Waals surface area contributed by atoms with Gasteiger partial charge in [0.15, 0.2) is 0 Å². The lowest BCUT2D eigenvalue weighted by Gasteiger charge is -2.33. The summed E-state index contributed by atoms with van der Waals surface area (Å²) < 4.78 is 20.4. The number of halogens is 2. The van der Waals surface area contributed by atoms with Crippen molar-refractivity contribution in [2.45, 2.75) is 36.9 Å². The molecule has 0 bridgehead atoms. The number of pyridine rings is 1. The van der Waals surface area contributed by atoms with Crippen molar-refractivity contribution in [2.24, 2.45) is 0 Å². The van der Waals surface area contributed by atoms with Gasteiger partial charge < -0.3 is 25.4 Å². The van der Waals surface area contributed by atoms with Crippen molar-refractivity contribution in [2.75, 3.05) is 36.5 Å². The quantitative estimate of drug-likeness (QED) is 0.298. The number of ether oxygens (including phenoxy) is 1. The molecule has 3 aromatic rings. The van der Waals surface area contributed by atoms with Crippen LogP contribution in [0.2, 0.25) is 5.02 Å². The van der Waals surface area contributed by atoms with E-state index in [0.29, 0.717) is 22.9 Å². The number of hydrogen-bond donors (Lipinski definition) is 3. The van der Waals surface area contributed by atoms with E-state index in [1.165, 1.54) is 36.2 Å². The van der Waals surface area contributed by atoms with Gasteiger partial charge in [0.2, 0.25) is 0 Å². The Kier molecular flexibility index (Phi) is 9.79. The number of aliphatic hydroxyl groups excluding tert-OH is 1. The van der Waals surface area contributed by atoms with E-state index in [0.717, 1.165) is 36.9 Å². The molecule has 0 aliphatic carbocycles. The SMILES string of the molecule is CSc1ccc(C(=O)Nc2ccc(F)cc2C(=O)Nc2ccc(Cl)cn2)c(OC2CCN(CC(C)O)CC2)c1. The van der Waals surface area contributed by atoms with Crippen LogP contribution in [0, 0.1) is 5.82 Å². The first kappa shape index (κ1) is 28.8. The number of thioether (sulfide) groups is 1. The fourth-order valence-corrected chi connectivity index (χ4v) is 4.85. The molecule has 1 aliphatic heterocycles. The molecular formula is C28H30ClFN4O4S. The summed E-state index contributed by atoms with van der Waals surface area (Å²) in [6.07, 6.45) is 4.36. The molecule has 2 aromatic carbocycles. The first-order chi connectivity index (χ1) is 18.7. The van der Waals surface area contributed by atoms with E-state index in [1.807, 2.05) is 18.4 Å². The Morgan fingerprint density at radius 3 is 2.54 bits per heavy atom. The predicted octanol–water partition coefficient (Wildman–Crippen LogP) is 5.32. The van der Waals surface area contributed by atoms with Crippen LogP contribution in [0.3, 0.4) is 0 Å². The largest absolute Gasteiger partial charge is 0.489 e. The highest BCUT2D eigenvalue weighted by atomic mass is 35.5. The van der Waals surface area contributed by atoms with Gasteiger partial charge in [-0.15, -0.1) is 11.8 Å². The zero-order valence-electron chi connectivity index (χ0n) is 21.6. The highest BCUT2D eigenvalue weighted by Gasteiger charge is 2.24. The Balaban J connectivity index is 1.52. The zero-order valence-corrected chi connectivity index (χ0v) is 23.2. The highest BCUT2D eigenvalue weighted by molar-refractivity contribution is 7.98. The Bertz CT molecular complexity index is 1320. The summed E-state index contributed by atoms with van der Waals surface area (Å²) in [6, 6.07) is 12.0. The average molecular weight is 573 g/mol. The van der Waals surface area contributed by atoms with Gasteiger partial charge in [0.05, 0.1) is 27.9 Å². The van der Waals surface area contributed by atoms with Crippen molar-refractivity contribution in [3.63, 3.8) is 0 Å². The molecule has 1 aliphatic rings. The molecule has 39 heavy (non-hydrogen) atoms. The lowest BCUT2D eigenvalue weighted by Crippen LogP contribution is -2.41. The van der Waals surface area contributed by atoms with Crippen LogP contribution in [-0.4, -0.2) is 64.9 Å². The summed E-state index contributed by atoms with van der Waals surface area (Å²) in [7, 11) is 0. The van der Waals surface area contributed by atoms with Crippen LogP contribution in [0.25, 0.3) is 0 Å². The van der Waals surface area contributed by atoms with Crippen LogP contribution < -0.4 is 15.4 Å². The van der Waals surface area contributed by atoms with Gasteiger partial charge in [-0.2, -0.15) is 0 Å². The van der Waals surface area contributed by atoms with Gasteiger partial charge in [-0.1, -0.05) is 11.6 Å². The number of carbonyl (C=O) groups is 2. The van der Waals surface area contributed by atoms with Gasteiger partial charge in [-0.3, -0.25) is 9.59 Å². The minimum absolute atomic E-state index is 0.0613. The molecule has 1 saturated heterocycles. The first-order valence-electron chi connectivity index (χ1n) is 12.5. The maximum Gasteiger partial charge on any atom is 0.259 e. The number of likely N-dealkylation sites (tertiary alicyclic amines) is 1. The van der Waals surface area contributed by atoms with E-state index in [-0.39, 0.29) is 23.2 Å². The molecule has 2 amide bonds. The summed E-state index contributed by atoms with van der Waals surface area (Å²) >= 11 is 7.38. The van der Waals surface area contributed by atoms with Gasteiger partial charge in [0.25, 0.3) is 11.8 Å². The number of carbonyl (C=O) groups excluding carboxylic acids is 2. The van der Waals surface area contributed by atoms with Gasteiger partial charge in [-0.05, 0) is 74.6 Å². The molecule has 3 N–H and O–H groups in total. The molecule has 2 heterocycles. The number of amides is 2. The first-order valence-corrected chi connectivity index (χ1v) is 14.1. The number of anilines is 2. The Morgan fingerprint density at radius 2 is 1.87 bits per heavy atom. The molecule has 0 radical (unpaired) electrons. The van der Waals surface area contributed by atoms with E-state index < -0.39 is 23.7 Å². The number of hydrogen-bond acceptors (Lipinski definition) is 7. The fraction of sp³-hybridized carbons (Fsp3) is 0.321. The lowest BCUT2D eigenvalue weighted by molar-refractivity contribution is 0.0664. The van der Waals surface area contributed by atoms with Gasteiger partial charge >= 0.3 is 0 Å². The number of aromatic nitrogens is 1. The third-order valence-corrected chi connectivity index (χ3v) is 7.18. The highest BCUT2D eigenvalue weighted by Crippen LogP contribution is 2.30. The lowest BCUT2D eigenvalue weighted by atomic mass is 10.1. The van der Waals surface area contributed by atoms with Crippen LogP contribution >= 0.6 is 23.4 Å². The van der Waals surface area contributed by atoms with E-state index in [4.69, 9.17) is 16.3 Å². The predicted molar refractivity (Wildman–Crippen MR) is 152 cm³/mol. The average Bonchev–Trinajstić information content (AvgIpc) is 2.91. The standard InChI is InChI=1S/C28H30ClFN4O4S/c1-17(35)16-34-11-9-20(10-12-34)38-25-14-21(39-2)5-6-22(25)27(36)32-24-7-4-19(30)13-23(24)28(37)33-26-8-3-18(29)15-31-26/h3-8,13-15,17,20,35H,9-12,16H2,1-2H3,(H,32,36)(H,31,33,37). The number of β-amino-alcohol motifs (C(OH)–C–C–N with tert-alkyl or cyclic N) is 1. The van der Waals surface area contributed by atoms with Gasteiger partial charge in [0, 0.05) is 30.7 Å². The fourth-order valence-electron chi connectivity index (χ4n) is 4.31. The molecule has 1 unspecified atom stereocenters. The molecule has 1 fully saturated rings. The molecular weight excluding hydrogens is 543 g/mol. The summed E-state index contributed by atoms with van der Waals surface area (Å²) in [5.41, 5.74) is 0.377. The normalized spacial score (nSPS) is 15.0. The third kappa shape index (κ3) is 7.92. The maximum absolute atomic E-state index is 14.1.